The van der Waals surface area contributed by atoms with Crippen LogP contribution in [-0.2, 0) is 22.7 Å². The average Bonchev–Trinajstić information content (AvgIpc) is 2.96. The van der Waals surface area contributed by atoms with Gasteiger partial charge in [0, 0.05) is 13.1 Å². The summed E-state index contributed by atoms with van der Waals surface area (Å²) in [5.74, 6) is -1.22. The van der Waals surface area contributed by atoms with Gasteiger partial charge in [-0.2, -0.15) is 11.3 Å². The van der Waals surface area contributed by atoms with Gasteiger partial charge >= 0.3 is 11.8 Å². The summed E-state index contributed by atoms with van der Waals surface area (Å²) in [4.78, 5) is 23.1. The number of carbonyl (C=O) groups is 2. The number of amides is 2. The predicted octanol–water partition coefficient (Wildman–Crippen LogP) is 1.68. The molecule has 0 radical (unpaired) electrons. The Morgan fingerprint density at radius 3 is 2.11 bits per heavy atom. The maximum atomic E-state index is 11.6. The van der Waals surface area contributed by atoms with Crippen LogP contribution in [0.15, 0.2) is 47.2 Å². The number of nitrogens with one attached hydrogen (secondary N) is 2. The second-order valence-electron chi connectivity index (χ2n) is 3.98. The molecule has 1 aromatic carbocycles. The summed E-state index contributed by atoms with van der Waals surface area (Å²) >= 11 is 1.56. The van der Waals surface area contributed by atoms with Crippen LogP contribution >= 0.6 is 11.3 Å². The predicted molar refractivity (Wildman–Crippen MR) is 74.5 cm³/mol. The van der Waals surface area contributed by atoms with E-state index >= 15 is 0 Å². The van der Waals surface area contributed by atoms with Crippen LogP contribution in [0.1, 0.15) is 11.1 Å². The Bertz CT molecular complexity index is 538. The molecule has 0 saturated carbocycles. The molecule has 0 aliphatic carbocycles. The first-order valence-electron chi connectivity index (χ1n) is 5.87. The maximum absolute atomic E-state index is 11.6. The van der Waals surface area contributed by atoms with Crippen molar-refractivity contribution in [3.8, 4) is 0 Å². The van der Waals surface area contributed by atoms with Crippen LogP contribution in [-0.4, -0.2) is 11.8 Å². The molecule has 0 bridgehead atoms. The first-order valence-corrected chi connectivity index (χ1v) is 6.81. The molecule has 0 unspecified atom stereocenters. The summed E-state index contributed by atoms with van der Waals surface area (Å²) in [6.07, 6.45) is 0. The van der Waals surface area contributed by atoms with Crippen molar-refractivity contribution >= 4 is 23.2 Å². The Morgan fingerprint density at radius 2 is 1.53 bits per heavy atom. The van der Waals surface area contributed by atoms with Gasteiger partial charge in [-0.3, -0.25) is 9.59 Å². The monoisotopic (exact) mass is 274 g/mol. The van der Waals surface area contributed by atoms with Crippen LogP contribution in [0, 0.1) is 0 Å². The molecule has 2 N–H and O–H groups in total. The van der Waals surface area contributed by atoms with Crippen LogP contribution < -0.4 is 10.6 Å². The first kappa shape index (κ1) is 13.3. The highest BCUT2D eigenvalue weighted by atomic mass is 32.1. The van der Waals surface area contributed by atoms with Crippen molar-refractivity contribution in [2.24, 2.45) is 0 Å². The fourth-order valence-electron chi connectivity index (χ4n) is 1.51. The maximum Gasteiger partial charge on any atom is 0.309 e. The third-order valence-corrected chi connectivity index (χ3v) is 3.27. The zero-order chi connectivity index (χ0) is 13.5. The molecule has 0 aliphatic rings. The lowest BCUT2D eigenvalue weighted by Crippen LogP contribution is -2.39. The molecule has 98 valence electrons. The number of carbonyl (C=O) groups excluding carboxylic acids is 2. The van der Waals surface area contributed by atoms with Gasteiger partial charge in [0.1, 0.15) is 0 Å². The van der Waals surface area contributed by atoms with Crippen molar-refractivity contribution in [1.82, 2.24) is 10.6 Å². The minimum absolute atomic E-state index is 0.353. The minimum atomic E-state index is -0.612. The van der Waals surface area contributed by atoms with Gasteiger partial charge in [-0.1, -0.05) is 30.3 Å². The van der Waals surface area contributed by atoms with Crippen LogP contribution in [0.2, 0.25) is 0 Å². The number of thiophene rings is 1. The Morgan fingerprint density at radius 1 is 0.895 bits per heavy atom. The Balaban J connectivity index is 1.75. The topological polar surface area (TPSA) is 58.2 Å². The van der Waals surface area contributed by atoms with Crippen molar-refractivity contribution in [1.29, 1.82) is 0 Å². The lowest BCUT2D eigenvalue weighted by molar-refractivity contribution is -0.139. The van der Waals surface area contributed by atoms with Gasteiger partial charge in [0.15, 0.2) is 0 Å². The van der Waals surface area contributed by atoms with Crippen LogP contribution in [0.3, 0.4) is 0 Å². The van der Waals surface area contributed by atoms with Gasteiger partial charge in [-0.05, 0) is 28.0 Å². The van der Waals surface area contributed by atoms with Gasteiger partial charge in [0.25, 0.3) is 0 Å². The van der Waals surface area contributed by atoms with E-state index in [4.69, 9.17) is 0 Å². The molecule has 0 fully saturated rings. The lowest BCUT2D eigenvalue weighted by atomic mass is 10.2. The lowest BCUT2D eigenvalue weighted by Gasteiger charge is -2.05. The summed E-state index contributed by atoms with van der Waals surface area (Å²) in [6.45, 7) is 0.729. The van der Waals surface area contributed by atoms with Crippen molar-refractivity contribution in [3.63, 3.8) is 0 Å². The second-order valence-corrected chi connectivity index (χ2v) is 4.76. The van der Waals surface area contributed by atoms with Crippen LogP contribution in [0.4, 0.5) is 0 Å². The van der Waals surface area contributed by atoms with Gasteiger partial charge in [0.05, 0.1) is 0 Å². The molecule has 0 spiro atoms. The molecular formula is C14H14N2O2S. The molecule has 0 atom stereocenters. The molecule has 1 aromatic heterocycles. The molecule has 4 nitrogen and oxygen atoms in total. The van der Waals surface area contributed by atoms with Gasteiger partial charge in [-0.15, -0.1) is 0 Å². The van der Waals surface area contributed by atoms with E-state index in [0.717, 1.165) is 11.1 Å². The smallest absolute Gasteiger partial charge is 0.309 e. The molecule has 2 aromatic rings. The van der Waals surface area contributed by atoms with Crippen LogP contribution in [0.25, 0.3) is 0 Å². The molecule has 19 heavy (non-hydrogen) atoms. The molecule has 2 amide bonds. The zero-order valence-corrected chi connectivity index (χ0v) is 11.1. The Kier molecular flexibility index (Phi) is 4.69. The fraction of sp³-hybridized carbons (Fsp3) is 0.143. The van der Waals surface area contributed by atoms with E-state index in [1.165, 1.54) is 0 Å². The second kappa shape index (κ2) is 6.70. The van der Waals surface area contributed by atoms with Gasteiger partial charge < -0.3 is 10.6 Å². The minimum Gasteiger partial charge on any atom is -0.344 e. The van der Waals surface area contributed by atoms with E-state index in [1.807, 2.05) is 47.2 Å². The summed E-state index contributed by atoms with van der Waals surface area (Å²) in [6, 6.07) is 11.4. The highest BCUT2D eigenvalue weighted by Gasteiger charge is 2.12. The molecular weight excluding hydrogens is 260 g/mol. The van der Waals surface area contributed by atoms with Crippen LogP contribution in [0.5, 0.6) is 0 Å². The third kappa shape index (κ3) is 4.22. The van der Waals surface area contributed by atoms with E-state index in [2.05, 4.69) is 10.6 Å². The number of rotatable bonds is 4. The SMILES string of the molecule is O=C(NCc1ccccc1)C(=O)NCc1ccsc1. The largest absolute Gasteiger partial charge is 0.344 e. The summed E-state index contributed by atoms with van der Waals surface area (Å²) in [5.41, 5.74) is 1.95. The Labute approximate surface area is 115 Å². The van der Waals surface area contributed by atoms with Crippen molar-refractivity contribution in [2.75, 3.05) is 0 Å². The number of benzene rings is 1. The molecule has 0 saturated heterocycles. The van der Waals surface area contributed by atoms with E-state index in [0.29, 0.717) is 13.1 Å². The number of hydrogen-bond donors (Lipinski definition) is 2. The molecule has 2 rings (SSSR count). The fourth-order valence-corrected chi connectivity index (χ4v) is 2.18. The Hall–Kier alpha value is -2.14. The quantitative estimate of drug-likeness (QED) is 0.833. The first-order chi connectivity index (χ1) is 9.25. The molecule has 1 heterocycles. The average molecular weight is 274 g/mol. The van der Waals surface area contributed by atoms with Crippen molar-refractivity contribution < 1.29 is 9.59 Å². The van der Waals surface area contributed by atoms with Crippen molar-refractivity contribution in [3.05, 3.63) is 58.3 Å². The van der Waals surface area contributed by atoms with E-state index in [-0.39, 0.29) is 0 Å². The van der Waals surface area contributed by atoms with Crippen molar-refractivity contribution in [2.45, 2.75) is 13.1 Å². The normalized spacial score (nSPS) is 9.89. The van der Waals surface area contributed by atoms with E-state index < -0.39 is 11.8 Å². The van der Waals surface area contributed by atoms with Gasteiger partial charge in [-0.25, -0.2) is 0 Å². The van der Waals surface area contributed by atoms with E-state index in [1.54, 1.807) is 11.3 Å². The van der Waals surface area contributed by atoms with E-state index in [9.17, 15) is 9.59 Å². The van der Waals surface area contributed by atoms with Gasteiger partial charge in [0.2, 0.25) is 0 Å². The molecule has 0 aliphatic heterocycles. The highest BCUT2D eigenvalue weighted by Crippen LogP contribution is 2.04. The zero-order valence-electron chi connectivity index (χ0n) is 10.3. The molecule has 5 heteroatoms. The summed E-state index contributed by atoms with van der Waals surface area (Å²) < 4.78 is 0. The standard InChI is InChI=1S/C14H14N2O2S/c17-13(15-8-11-4-2-1-3-5-11)14(18)16-9-12-6-7-19-10-12/h1-7,10H,8-9H2,(H,15,17)(H,16,18). The highest BCUT2D eigenvalue weighted by molar-refractivity contribution is 7.07. The third-order valence-electron chi connectivity index (χ3n) is 2.54. The number of hydrogen-bond acceptors (Lipinski definition) is 3. The summed E-state index contributed by atoms with van der Waals surface area (Å²) in [5, 5.41) is 9.02. The summed E-state index contributed by atoms with van der Waals surface area (Å²) in [7, 11) is 0.